The maximum absolute atomic E-state index is 14.0. The SMILES string of the molecule is CCN(CC)C(=O)CS(=O)(=O)CCC(=O)N1[C@@H]2CC[C@H]1CC([C@H](N)Cc1cc(F)c(F)cc1F)C2.N[C@H](Cc1cc(F)c(F)cc1F)C1C[C@H]2CC[C@@H](C1)N2C(=O)CCS(=O)(=O)C1CCCCC1.N[C@H](Cc1cc(F)c(F)cc1F)C1C[C@H]2CC[C@@H](C1)N2C(=O)CCS(=O)(=O)CC1CC1. The van der Waals surface area contributed by atoms with Crippen molar-refractivity contribution in [2.24, 2.45) is 40.9 Å². The molecule has 6 bridgehead atoms. The molecule has 0 spiro atoms. The summed E-state index contributed by atoms with van der Waals surface area (Å²) < 4.78 is 197. The molecule has 6 N–H and O–H groups in total. The maximum Gasteiger partial charge on any atom is 0.237 e. The highest BCUT2D eigenvalue weighted by Crippen LogP contribution is 2.44. The van der Waals surface area contributed by atoms with E-state index >= 15 is 0 Å². The highest BCUT2D eigenvalue weighted by molar-refractivity contribution is 7.92. The van der Waals surface area contributed by atoms with Crippen LogP contribution in [0, 0.1) is 76.0 Å². The third kappa shape index (κ3) is 20.1. The quantitative estimate of drug-likeness (QED) is 0.0528. The Labute approximate surface area is 576 Å². The summed E-state index contributed by atoms with van der Waals surface area (Å²) in [5, 5.41) is -0.309. The first-order chi connectivity index (χ1) is 46.7. The Bertz CT molecular complexity index is 3690. The summed E-state index contributed by atoms with van der Waals surface area (Å²) in [5.41, 5.74) is 19.1. The predicted octanol–water partition coefficient (Wildman–Crippen LogP) is 9.26. The number of amides is 4. The Kier molecular flexibility index (Phi) is 26.2. The number of piperidine rings is 3. The molecule has 6 heterocycles. The van der Waals surface area contributed by atoms with E-state index in [2.05, 4.69) is 0 Å². The van der Waals surface area contributed by atoms with Crippen LogP contribution in [0.15, 0.2) is 36.4 Å². The van der Waals surface area contributed by atoms with Gasteiger partial charge in [-0.1, -0.05) is 19.3 Å². The molecule has 17 nitrogen and oxygen atoms in total. The summed E-state index contributed by atoms with van der Waals surface area (Å²) in [7, 11) is -10.2. The molecule has 29 heteroatoms. The van der Waals surface area contributed by atoms with Gasteiger partial charge in [0.15, 0.2) is 64.4 Å². The van der Waals surface area contributed by atoms with Gasteiger partial charge >= 0.3 is 0 Å². The normalized spacial score (nSPS) is 25.5. The van der Waals surface area contributed by atoms with Crippen LogP contribution in [-0.2, 0) is 68.0 Å². The Morgan fingerprint density at radius 2 is 0.727 bits per heavy atom. The van der Waals surface area contributed by atoms with Crippen molar-refractivity contribution >= 4 is 53.1 Å². The number of nitrogens with two attached hydrogens (primary N) is 3. The first-order valence-electron chi connectivity index (χ1n) is 35.2. The van der Waals surface area contributed by atoms with Crippen molar-refractivity contribution in [1.29, 1.82) is 0 Å². The molecule has 0 aromatic heterocycles. The van der Waals surface area contributed by atoms with Crippen LogP contribution in [0.5, 0.6) is 0 Å². The van der Waals surface area contributed by atoms with Gasteiger partial charge in [-0.15, -0.1) is 0 Å². The molecule has 3 aromatic carbocycles. The second-order valence-electron chi connectivity index (χ2n) is 29.0. The minimum absolute atomic E-state index is 0.000476. The average Bonchev–Trinajstić information content (AvgIpc) is 1.67. The first kappa shape index (κ1) is 77.8. The topological polar surface area (TPSA) is 262 Å². The summed E-state index contributed by atoms with van der Waals surface area (Å²) in [6.45, 7) is 4.40. The fourth-order valence-corrected chi connectivity index (χ4v) is 21.4. The van der Waals surface area contributed by atoms with E-state index in [1.807, 2.05) is 9.80 Å². The number of carbonyl (C=O) groups excluding carboxylic acids is 4. The van der Waals surface area contributed by atoms with Crippen molar-refractivity contribution in [3.05, 3.63) is 105 Å². The zero-order chi connectivity index (χ0) is 72.0. The lowest BCUT2D eigenvalue weighted by Crippen LogP contribution is -2.50. The Morgan fingerprint density at radius 3 is 1.04 bits per heavy atom. The van der Waals surface area contributed by atoms with Crippen LogP contribution in [0.3, 0.4) is 0 Å². The lowest BCUT2D eigenvalue weighted by molar-refractivity contribution is -0.137. The van der Waals surface area contributed by atoms with Crippen molar-refractivity contribution in [2.75, 3.05) is 41.9 Å². The van der Waals surface area contributed by atoms with Crippen molar-refractivity contribution in [2.45, 2.75) is 234 Å². The number of nitrogens with zero attached hydrogens (tertiary/aromatic N) is 4. The van der Waals surface area contributed by atoms with Gasteiger partial charge in [-0.2, -0.15) is 0 Å². The third-order valence-electron chi connectivity index (χ3n) is 22.2. The first-order valence-corrected chi connectivity index (χ1v) is 40.6. The molecule has 6 aliphatic heterocycles. The summed E-state index contributed by atoms with van der Waals surface area (Å²) in [6, 6.07) is 2.64. The smallest absolute Gasteiger partial charge is 0.237 e. The summed E-state index contributed by atoms with van der Waals surface area (Å²) in [5.74, 6) is -11.1. The highest BCUT2D eigenvalue weighted by Gasteiger charge is 2.48. The van der Waals surface area contributed by atoms with E-state index in [1.54, 1.807) is 18.7 Å². The van der Waals surface area contributed by atoms with Gasteiger partial charge in [0, 0.05) is 105 Å². The number of hydrogen-bond acceptors (Lipinski definition) is 13. The fraction of sp³-hybridized carbons (Fsp3) is 0.686. The lowest BCUT2D eigenvalue weighted by Gasteiger charge is -2.41. The van der Waals surface area contributed by atoms with Gasteiger partial charge in [0.2, 0.25) is 23.6 Å². The molecular formula is C70H96F9N7O10S3. The Balaban J connectivity index is 0.000000174. The van der Waals surface area contributed by atoms with Crippen molar-refractivity contribution in [1.82, 2.24) is 19.6 Å². The maximum atomic E-state index is 14.0. The van der Waals surface area contributed by atoms with Crippen molar-refractivity contribution in [3.63, 3.8) is 0 Å². The molecule has 4 amide bonds. The van der Waals surface area contributed by atoms with Crippen LogP contribution in [0.1, 0.15) is 172 Å². The molecule has 0 radical (unpaired) electrons. The van der Waals surface area contributed by atoms with E-state index in [9.17, 15) is 83.9 Å². The van der Waals surface area contributed by atoms with Gasteiger partial charge in [-0.3, -0.25) is 19.2 Å². The third-order valence-corrected chi connectivity index (χ3v) is 27.8. The van der Waals surface area contributed by atoms with Crippen LogP contribution in [0.25, 0.3) is 0 Å². The molecule has 552 valence electrons. The second-order valence-corrected chi connectivity index (χ2v) is 35.8. The number of benzene rings is 3. The summed E-state index contributed by atoms with van der Waals surface area (Å²) in [4.78, 5) is 57.7. The number of rotatable bonds is 25. The molecule has 8 aliphatic rings. The molecule has 2 aliphatic carbocycles. The van der Waals surface area contributed by atoms with E-state index < -0.39 is 112 Å². The molecule has 8 fully saturated rings. The summed E-state index contributed by atoms with van der Waals surface area (Å²) in [6.07, 6.45) is 15.1. The zero-order valence-electron chi connectivity index (χ0n) is 56.4. The standard InChI is InChI=1S/C24H34F3N3O4S.C24H33F3N2O3S.C22H29F3N2O3S/c1-3-29(4-2)24(32)14-35(33,34)8-7-23(31)30-17-5-6-18(30)10-16(9-17)22(28)12-15-11-20(26)21(27)13-19(15)25;25-20-14-22(27)21(26)12-15(20)13-23(28)16-10-17-6-7-18(11-16)29(17)24(30)8-9-33(31,32)19-4-2-1-3-5-19;23-18-11-20(25)19(24)9-14(18)10-21(26)15-7-16-3-4-17(8-15)27(16)22(28)5-6-31(29,30)12-13-1-2-13/h11,13,16-18,22H,3-10,12,14,28H2,1-2H3;12,14,16-19,23H,1-11,13,28H2;9,11,13,15-17,21H,1-8,10,12,26H2/t16?,17-,18+,22-;16?,17-,18+,23-;15?,16-,17+,21-/m111/s1. The largest absolute Gasteiger partial charge is 0.342 e. The van der Waals surface area contributed by atoms with Crippen LogP contribution in [0.2, 0.25) is 0 Å². The second kappa shape index (κ2) is 33.4. The van der Waals surface area contributed by atoms with E-state index in [4.69, 9.17) is 17.2 Å². The molecule has 2 saturated carbocycles. The molecule has 6 saturated heterocycles. The molecule has 3 aromatic rings. The molecule has 11 rings (SSSR count). The molecule has 12 atom stereocenters. The Morgan fingerprint density at radius 1 is 0.424 bits per heavy atom. The van der Waals surface area contributed by atoms with Gasteiger partial charge in [0.05, 0.1) is 28.3 Å². The van der Waals surface area contributed by atoms with E-state index in [0.717, 1.165) is 88.8 Å². The number of hydrogen-bond donors (Lipinski definition) is 3. The summed E-state index contributed by atoms with van der Waals surface area (Å²) >= 11 is 0. The van der Waals surface area contributed by atoms with Gasteiger partial charge in [-0.05, 0) is 194 Å². The number of fused-ring (bicyclic) bond motifs is 6. The van der Waals surface area contributed by atoms with E-state index in [1.165, 1.54) is 4.90 Å². The molecular weight excluding hydrogens is 1370 g/mol. The zero-order valence-corrected chi connectivity index (χ0v) is 58.9. The van der Waals surface area contributed by atoms with Crippen LogP contribution >= 0.6 is 0 Å². The van der Waals surface area contributed by atoms with Gasteiger partial charge in [-0.25, -0.2) is 64.8 Å². The predicted molar refractivity (Wildman–Crippen MR) is 356 cm³/mol. The average molecular weight is 1460 g/mol. The minimum atomic E-state index is -3.72. The number of sulfone groups is 3. The highest BCUT2D eigenvalue weighted by atomic mass is 32.2. The number of halogens is 9. The Hall–Kier alpha value is -5.36. The van der Waals surface area contributed by atoms with Gasteiger partial charge in [0.25, 0.3) is 0 Å². The number of carbonyl (C=O) groups is 4. The van der Waals surface area contributed by atoms with Gasteiger partial charge in [0.1, 0.15) is 23.2 Å². The van der Waals surface area contributed by atoms with E-state index in [0.29, 0.717) is 82.7 Å². The van der Waals surface area contributed by atoms with Crippen LogP contribution in [0.4, 0.5) is 39.5 Å². The van der Waals surface area contributed by atoms with Crippen molar-refractivity contribution < 1.29 is 83.9 Å². The fourth-order valence-electron chi connectivity index (χ4n) is 16.7. The van der Waals surface area contributed by atoms with Crippen molar-refractivity contribution in [3.8, 4) is 0 Å². The molecule has 3 unspecified atom stereocenters. The van der Waals surface area contributed by atoms with Crippen LogP contribution in [-0.4, -0.2) is 170 Å². The monoisotopic (exact) mass is 1460 g/mol. The minimum Gasteiger partial charge on any atom is -0.342 e. The lowest BCUT2D eigenvalue weighted by atomic mass is 9.82. The van der Waals surface area contributed by atoms with E-state index in [-0.39, 0.29) is 161 Å². The van der Waals surface area contributed by atoms with Crippen LogP contribution < -0.4 is 17.2 Å². The molecule has 99 heavy (non-hydrogen) atoms. The van der Waals surface area contributed by atoms with Gasteiger partial charge < -0.3 is 36.8 Å².